The summed E-state index contributed by atoms with van der Waals surface area (Å²) in [6.07, 6.45) is 0. The lowest BCUT2D eigenvalue weighted by atomic mass is 10.0. The van der Waals surface area contributed by atoms with E-state index in [0.29, 0.717) is 16.9 Å². The van der Waals surface area contributed by atoms with E-state index in [1.165, 1.54) is 12.1 Å². The van der Waals surface area contributed by atoms with E-state index in [9.17, 15) is 4.39 Å². The Morgan fingerprint density at radius 1 is 1.06 bits per heavy atom. The van der Waals surface area contributed by atoms with Gasteiger partial charge in [-0.2, -0.15) is 0 Å². The topological polar surface area (TPSA) is 12.0 Å². The molecule has 88 valence electrons. The molecule has 16 heavy (non-hydrogen) atoms. The molecule has 1 aromatic rings. The number of benzene rings is 1. The maximum Gasteiger partial charge on any atom is 0.123 e. The zero-order chi connectivity index (χ0) is 12.0. The van der Waals surface area contributed by atoms with Crippen molar-refractivity contribution in [3.63, 3.8) is 0 Å². The minimum atomic E-state index is -0.171. The standard InChI is InChI=1S/C14H20FN/c1-13(2)12(14(13,3)4)16-9-10-5-7-11(15)8-6-10/h5-8,12,16H,9H2,1-4H3. The monoisotopic (exact) mass is 221 g/mol. The minimum Gasteiger partial charge on any atom is -0.309 e. The minimum absolute atomic E-state index is 0.171. The van der Waals surface area contributed by atoms with Crippen LogP contribution < -0.4 is 5.32 Å². The van der Waals surface area contributed by atoms with Gasteiger partial charge in [-0.15, -0.1) is 0 Å². The number of nitrogens with one attached hydrogen (secondary N) is 1. The highest BCUT2D eigenvalue weighted by Gasteiger charge is 2.64. The summed E-state index contributed by atoms with van der Waals surface area (Å²) in [5.41, 5.74) is 1.85. The molecule has 0 amide bonds. The molecule has 0 atom stereocenters. The molecular weight excluding hydrogens is 201 g/mol. The predicted octanol–water partition coefficient (Wildman–Crippen LogP) is 3.35. The first-order chi connectivity index (χ1) is 7.35. The molecule has 0 saturated heterocycles. The third kappa shape index (κ3) is 1.75. The second-order valence-corrected chi connectivity index (χ2v) is 5.88. The quantitative estimate of drug-likeness (QED) is 0.825. The molecule has 1 aliphatic rings. The average Bonchev–Trinajstić information content (AvgIpc) is 2.58. The molecule has 2 heteroatoms. The van der Waals surface area contributed by atoms with Crippen LogP contribution in [0.1, 0.15) is 33.3 Å². The van der Waals surface area contributed by atoms with Crippen LogP contribution in [-0.4, -0.2) is 6.04 Å². The summed E-state index contributed by atoms with van der Waals surface area (Å²) in [6.45, 7) is 9.97. The van der Waals surface area contributed by atoms with Gasteiger partial charge in [0.25, 0.3) is 0 Å². The number of hydrogen-bond donors (Lipinski definition) is 1. The van der Waals surface area contributed by atoms with E-state index in [1.807, 2.05) is 12.1 Å². The summed E-state index contributed by atoms with van der Waals surface area (Å²) < 4.78 is 12.7. The first-order valence-electron chi connectivity index (χ1n) is 5.83. The van der Waals surface area contributed by atoms with Gasteiger partial charge in [0.2, 0.25) is 0 Å². The summed E-state index contributed by atoms with van der Waals surface area (Å²) in [6, 6.07) is 7.25. The fourth-order valence-electron chi connectivity index (χ4n) is 2.53. The van der Waals surface area contributed by atoms with Crippen molar-refractivity contribution in [2.75, 3.05) is 0 Å². The second-order valence-electron chi connectivity index (χ2n) is 5.88. The number of halogens is 1. The van der Waals surface area contributed by atoms with E-state index in [0.717, 1.165) is 12.1 Å². The molecule has 0 aliphatic heterocycles. The van der Waals surface area contributed by atoms with Gasteiger partial charge in [0.05, 0.1) is 0 Å². The molecule has 1 N–H and O–H groups in total. The first kappa shape index (κ1) is 11.6. The van der Waals surface area contributed by atoms with Gasteiger partial charge >= 0.3 is 0 Å². The van der Waals surface area contributed by atoms with Crippen LogP contribution in [0, 0.1) is 16.6 Å². The van der Waals surface area contributed by atoms with Crippen LogP contribution in [-0.2, 0) is 6.54 Å². The summed E-state index contributed by atoms with van der Waals surface area (Å²) in [5, 5.41) is 3.55. The van der Waals surface area contributed by atoms with Crippen molar-refractivity contribution in [1.82, 2.24) is 5.32 Å². The largest absolute Gasteiger partial charge is 0.309 e. The molecule has 1 saturated carbocycles. The van der Waals surface area contributed by atoms with Crippen LogP contribution in [0.4, 0.5) is 4.39 Å². The first-order valence-corrected chi connectivity index (χ1v) is 5.83. The Kier molecular flexibility index (Phi) is 2.58. The Labute approximate surface area is 97.1 Å². The van der Waals surface area contributed by atoms with Crippen molar-refractivity contribution >= 4 is 0 Å². The third-order valence-corrected chi connectivity index (χ3v) is 4.44. The van der Waals surface area contributed by atoms with Gasteiger partial charge in [-0.1, -0.05) is 39.8 Å². The van der Waals surface area contributed by atoms with E-state index < -0.39 is 0 Å². The molecule has 1 aromatic carbocycles. The Morgan fingerprint density at radius 3 is 2.00 bits per heavy atom. The maximum atomic E-state index is 12.7. The molecule has 2 rings (SSSR count). The molecule has 0 bridgehead atoms. The smallest absolute Gasteiger partial charge is 0.123 e. The van der Waals surface area contributed by atoms with E-state index in [1.54, 1.807) is 0 Å². The van der Waals surface area contributed by atoms with Crippen LogP contribution in [0.5, 0.6) is 0 Å². The highest BCUT2D eigenvalue weighted by molar-refractivity contribution is 5.20. The molecular formula is C14H20FN. The SMILES string of the molecule is CC1(C)C(NCc2ccc(F)cc2)C1(C)C. The summed E-state index contributed by atoms with van der Waals surface area (Å²) >= 11 is 0. The normalized spacial score (nSPS) is 22.1. The summed E-state index contributed by atoms with van der Waals surface area (Å²) in [7, 11) is 0. The lowest BCUT2D eigenvalue weighted by Crippen LogP contribution is -2.21. The van der Waals surface area contributed by atoms with Crippen LogP contribution in [0.2, 0.25) is 0 Å². The molecule has 0 heterocycles. The molecule has 0 unspecified atom stereocenters. The van der Waals surface area contributed by atoms with Crippen molar-refractivity contribution in [3.05, 3.63) is 35.6 Å². The summed E-state index contributed by atoms with van der Waals surface area (Å²) in [4.78, 5) is 0. The molecule has 1 nitrogen and oxygen atoms in total. The number of hydrogen-bond acceptors (Lipinski definition) is 1. The second kappa shape index (κ2) is 3.56. The Bertz CT molecular complexity index is 364. The van der Waals surface area contributed by atoms with Gasteiger partial charge in [0.15, 0.2) is 0 Å². The van der Waals surface area contributed by atoms with Gasteiger partial charge < -0.3 is 5.32 Å². The third-order valence-electron chi connectivity index (χ3n) is 4.44. The van der Waals surface area contributed by atoms with Crippen molar-refractivity contribution in [2.24, 2.45) is 10.8 Å². The van der Waals surface area contributed by atoms with Crippen molar-refractivity contribution in [1.29, 1.82) is 0 Å². The van der Waals surface area contributed by atoms with Crippen molar-refractivity contribution in [2.45, 2.75) is 40.3 Å². The average molecular weight is 221 g/mol. The van der Waals surface area contributed by atoms with Crippen molar-refractivity contribution in [3.8, 4) is 0 Å². The molecule has 1 aliphatic carbocycles. The summed E-state index contributed by atoms with van der Waals surface area (Å²) in [5.74, 6) is -0.171. The highest BCUT2D eigenvalue weighted by atomic mass is 19.1. The molecule has 0 spiro atoms. The van der Waals surface area contributed by atoms with Gasteiger partial charge in [-0.05, 0) is 28.5 Å². The van der Waals surface area contributed by atoms with Crippen LogP contribution in [0.15, 0.2) is 24.3 Å². The van der Waals surface area contributed by atoms with E-state index in [4.69, 9.17) is 0 Å². The molecule has 1 fully saturated rings. The maximum absolute atomic E-state index is 12.7. The zero-order valence-electron chi connectivity index (χ0n) is 10.5. The lowest BCUT2D eigenvalue weighted by molar-refractivity contribution is 0.457. The van der Waals surface area contributed by atoms with Crippen LogP contribution in [0.3, 0.4) is 0 Å². The molecule has 0 aromatic heterocycles. The van der Waals surface area contributed by atoms with E-state index in [-0.39, 0.29) is 5.82 Å². The fourth-order valence-corrected chi connectivity index (χ4v) is 2.53. The Morgan fingerprint density at radius 2 is 1.56 bits per heavy atom. The Balaban J connectivity index is 1.93. The van der Waals surface area contributed by atoms with E-state index >= 15 is 0 Å². The zero-order valence-corrected chi connectivity index (χ0v) is 10.5. The lowest BCUT2D eigenvalue weighted by Gasteiger charge is -2.06. The van der Waals surface area contributed by atoms with Gasteiger partial charge in [0.1, 0.15) is 5.82 Å². The fraction of sp³-hybridized carbons (Fsp3) is 0.571. The van der Waals surface area contributed by atoms with Crippen LogP contribution >= 0.6 is 0 Å². The van der Waals surface area contributed by atoms with Gasteiger partial charge in [0, 0.05) is 12.6 Å². The number of rotatable bonds is 3. The van der Waals surface area contributed by atoms with Gasteiger partial charge in [-0.25, -0.2) is 4.39 Å². The predicted molar refractivity (Wildman–Crippen MR) is 64.6 cm³/mol. The highest BCUT2D eigenvalue weighted by Crippen LogP contribution is 2.62. The van der Waals surface area contributed by atoms with E-state index in [2.05, 4.69) is 33.0 Å². The Hall–Kier alpha value is -0.890. The molecule has 0 radical (unpaired) electrons. The van der Waals surface area contributed by atoms with Crippen LogP contribution in [0.25, 0.3) is 0 Å². The van der Waals surface area contributed by atoms with Crippen molar-refractivity contribution < 1.29 is 4.39 Å². The van der Waals surface area contributed by atoms with Gasteiger partial charge in [-0.3, -0.25) is 0 Å².